The van der Waals surface area contributed by atoms with Gasteiger partial charge in [0.05, 0.1) is 5.69 Å². The van der Waals surface area contributed by atoms with E-state index in [9.17, 15) is 8.60 Å². The van der Waals surface area contributed by atoms with Crippen LogP contribution >= 0.6 is 0 Å². The molecule has 0 amide bonds. The van der Waals surface area contributed by atoms with Gasteiger partial charge in [-0.15, -0.1) is 0 Å². The summed E-state index contributed by atoms with van der Waals surface area (Å²) in [6.07, 6.45) is 1.94. The van der Waals surface area contributed by atoms with Crippen LogP contribution in [0.4, 0.5) is 10.2 Å². The van der Waals surface area contributed by atoms with Crippen LogP contribution < -0.4 is 5.32 Å². The highest BCUT2D eigenvalue weighted by Crippen LogP contribution is 2.19. The number of hydrogen-bond acceptors (Lipinski definition) is 5. The first-order valence-electron chi connectivity index (χ1n) is 7.27. The first-order valence-corrected chi connectivity index (χ1v) is 8.76. The highest BCUT2D eigenvalue weighted by molar-refractivity contribution is 7.85. The van der Waals surface area contributed by atoms with Crippen molar-refractivity contribution in [2.24, 2.45) is 0 Å². The van der Waals surface area contributed by atoms with Gasteiger partial charge in [-0.3, -0.25) is 9.11 Å². The highest BCUT2D eigenvalue weighted by atomic mass is 32.2. The van der Waals surface area contributed by atoms with E-state index in [0.717, 1.165) is 13.1 Å². The smallest absolute Gasteiger partial charge is 0.186 e. The lowest BCUT2D eigenvalue weighted by molar-refractivity contribution is 0.145. The molecular formula is C14H23FN4OS. The molecule has 21 heavy (non-hydrogen) atoms. The molecule has 0 unspecified atom stereocenters. The highest BCUT2D eigenvalue weighted by Gasteiger charge is 2.29. The Morgan fingerprint density at radius 2 is 2.05 bits per heavy atom. The van der Waals surface area contributed by atoms with Crippen molar-refractivity contribution < 1.29 is 8.60 Å². The summed E-state index contributed by atoms with van der Waals surface area (Å²) >= 11 is 0. The molecule has 0 atom stereocenters. The molecule has 1 aromatic rings. The van der Waals surface area contributed by atoms with Crippen molar-refractivity contribution in [1.82, 2.24) is 14.9 Å². The molecule has 1 saturated heterocycles. The number of nitrogens with one attached hydrogen (secondary N) is 1. The van der Waals surface area contributed by atoms with Crippen molar-refractivity contribution >= 4 is 16.6 Å². The van der Waals surface area contributed by atoms with Crippen LogP contribution in [0.5, 0.6) is 0 Å². The van der Waals surface area contributed by atoms with Crippen LogP contribution in [-0.4, -0.2) is 55.8 Å². The Morgan fingerprint density at radius 1 is 1.38 bits per heavy atom. The molecular weight excluding hydrogens is 291 g/mol. The summed E-state index contributed by atoms with van der Waals surface area (Å²) in [5.74, 6) is 1.32. The number of aryl methyl sites for hydroxylation is 1. The predicted octanol–water partition coefficient (Wildman–Crippen LogP) is 1.43. The van der Waals surface area contributed by atoms with Crippen LogP contribution in [0.3, 0.4) is 0 Å². The fourth-order valence-electron chi connectivity index (χ4n) is 2.43. The summed E-state index contributed by atoms with van der Waals surface area (Å²) in [5.41, 5.74) is 0.285. The molecule has 1 aliphatic heterocycles. The molecule has 0 saturated carbocycles. The van der Waals surface area contributed by atoms with Gasteiger partial charge in [0, 0.05) is 47.5 Å². The van der Waals surface area contributed by atoms with Gasteiger partial charge in [0.2, 0.25) is 0 Å². The fourth-order valence-corrected chi connectivity index (χ4v) is 3.48. The largest absolute Gasteiger partial charge is 0.366 e. The summed E-state index contributed by atoms with van der Waals surface area (Å²) in [6.45, 7) is 8.29. The van der Waals surface area contributed by atoms with Gasteiger partial charge >= 0.3 is 0 Å². The van der Waals surface area contributed by atoms with Crippen molar-refractivity contribution in [2.45, 2.75) is 32.7 Å². The fraction of sp³-hybridized carbons (Fsp3) is 0.714. The van der Waals surface area contributed by atoms with Gasteiger partial charge in [-0.25, -0.2) is 14.4 Å². The van der Waals surface area contributed by atoms with Crippen LogP contribution in [0.15, 0.2) is 6.33 Å². The molecule has 0 aliphatic carbocycles. The maximum absolute atomic E-state index is 14.1. The van der Waals surface area contributed by atoms with Gasteiger partial charge in [0.25, 0.3) is 0 Å². The zero-order chi connectivity index (χ0) is 15.5. The lowest BCUT2D eigenvalue weighted by Crippen LogP contribution is -2.53. The molecule has 0 bridgehead atoms. The number of aromatic nitrogens is 2. The molecule has 2 rings (SSSR count). The van der Waals surface area contributed by atoms with Crippen molar-refractivity contribution in [1.29, 1.82) is 0 Å². The van der Waals surface area contributed by atoms with Gasteiger partial charge < -0.3 is 5.32 Å². The minimum atomic E-state index is -0.686. The second kappa shape index (κ2) is 6.79. The molecule has 1 fully saturated rings. The minimum absolute atomic E-state index is 0.144. The average molecular weight is 314 g/mol. The first kappa shape index (κ1) is 16.3. The van der Waals surface area contributed by atoms with E-state index < -0.39 is 10.8 Å². The van der Waals surface area contributed by atoms with E-state index in [0.29, 0.717) is 30.2 Å². The Kier molecular flexibility index (Phi) is 5.27. The summed E-state index contributed by atoms with van der Waals surface area (Å²) in [7, 11) is -0.686. The zero-order valence-corrected chi connectivity index (χ0v) is 13.7. The van der Waals surface area contributed by atoms with Crippen LogP contribution in [0.2, 0.25) is 0 Å². The van der Waals surface area contributed by atoms with Crippen molar-refractivity contribution in [3.8, 4) is 0 Å². The second-order valence-corrected chi connectivity index (χ2v) is 7.53. The SMILES string of the molecule is CCc1ncnc(NCC(C)(C)N2CCS(=O)CC2)c1F. The maximum Gasteiger partial charge on any atom is 0.186 e. The van der Waals surface area contributed by atoms with E-state index in [4.69, 9.17) is 0 Å². The Labute approximate surface area is 127 Å². The second-order valence-electron chi connectivity index (χ2n) is 5.84. The van der Waals surface area contributed by atoms with Gasteiger partial charge in [0.1, 0.15) is 6.33 Å². The molecule has 0 spiro atoms. The van der Waals surface area contributed by atoms with Gasteiger partial charge in [0.15, 0.2) is 11.6 Å². The topological polar surface area (TPSA) is 58.1 Å². The summed E-state index contributed by atoms with van der Waals surface area (Å²) in [4.78, 5) is 10.2. The van der Waals surface area contributed by atoms with E-state index in [1.54, 1.807) is 0 Å². The molecule has 0 radical (unpaired) electrons. The van der Waals surface area contributed by atoms with Crippen LogP contribution in [0.1, 0.15) is 26.5 Å². The zero-order valence-electron chi connectivity index (χ0n) is 12.9. The van der Waals surface area contributed by atoms with Crippen molar-refractivity contribution in [3.05, 3.63) is 17.8 Å². The minimum Gasteiger partial charge on any atom is -0.366 e. The predicted molar refractivity (Wildman–Crippen MR) is 83.4 cm³/mol. The summed E-state index contributed by atoms with van der Waals surface area (Å²) in [5, 5.41) is 3.09. The normalized spacial score (nSPS) is 17.9. The monoisotopic (exact) mass is 314 g/mol. The Bertz CT molecular complexity index is 514. The number of anilines is 1. The Balaban J connectivity index is 2.00. The Hall–Kier alpha value is -1.08. The first-order chi connectivity index (χ1) is 9.94. The third-order valence-electron chi connectivity index (χ3n) is 3.92. The molecule has 5 nitrogen and oxygen atoms in total. The summed E-state index contributed by atoms with van der Waals surface area (Å²) in [6, 6.07) is 0. The number of hydrogen-bond donors (Lipinski definition) is 1. The van der Waals surface area contributed by atoms with Crippen molar-refractivity contribution in [2.75, 3.05) is 36.5 Å². The van der Waals surface area contributed by atoms with Crippen LogP contribution in [0, 0.1) is 5.82 Å². The molecule has 1 aliphatic rings. The lowest BCUT2D eigenvalue weighted by atomic mass is 10.0. The van der Waals surface area contributed by atoms with Crippen LogP contribution in [-0.2, 0) is 17.2 Å². The van der Waals surface area contributed by atoms with Crippen LogP contribution in [0.25, 0.3) is 0 Å². The number of halogens is 1. The Morgan fingerprint density at radius 3 is 2.67 bits per heavy atom. The quantitative estimate of drug-likeness (QED) is 0.891. The van der Waals surface area contributed by atoms with Gasteiger partial charge in [-0.1, -0.05) is 6.92 Å². The molecule has 2 heterocycles. The van der Waals surface area contributed by atoms with E-state index >= 15 is 0 Å². The molecule has 7 heteroatoms. The molecule has 1 aromatic heterocycles. The number of rotatable bonds is 5. The number of nitrogens with zero attached hydrogens (tertiary/aromatic N) is 3. The molecule has 118 valence electrons. The molecule has 1 N–H and O–H groups in total. The standard InChI is InChI=1S/C14H23FN4OS/c1-4-11-12(15)13(18-10-17-11)16-9-14(2,3)19-5-7-21(20)8-6-19/h10H,4-9H2,1-3H3,(H,16,17,18). The molecule has 0 aromatic carbocycles. The third kappa shape index (κ3) is 3.97. The van der Waals surface area contributed by atoms with E-state index in [2.05, 4.69) is 34.0 Å². The third-order valence-corrected chi connectivity index (χ3v) is 5.19. The average Bonchev–Trinajstić information content (AvgIpc) is 2.47. The van der Waals surface area contributed by atoms with E-state index in [1.807, 2.05) is 6.92 Å². The van der Waals surface area contributed by atoms with Gasteiger partial charge in [-0.05, 0) is 20.3 Å². The van der Waals surface area contributed by atoms with E-state index in [-0.39, 0.29) is 17.2 Å². The lowest BCUT2D eigenvalue weighted by Gasteiger charge is -2.40. The van der Waals surface area contributed by atoms with E-state index in [1.165, 1.54) is 6.33 Å². The van der Waals surface area contributed by atoms with Gasteiger partial charge in [-0.2, -0.15) is 0 Å². The maximum atomic E-state index is 14.1. The summed E-state index contributed by atoms with van der Waals surface area (Å²) < 4.78 is 25.5. The van der Waals surface area contributed by atoms with Crippen molar-refractivity contribution in [3.63, 3.8) is 0 Å².